The van der Waals surface area contributed by atoms with Gasteiger partial charge in [0.05, 0.1) is 0 Å². The standard InChI is InChI=1S/C34H58O3SSi/c1-23(13-11-10-12-20-38-24(2)35)27-14-15-28-31-29(17-19-34(27,28)7)33(6)18-16-26(21-25(33)22-30(31)36)37-39(8,9)32(3,4)5/h22-23,26-29,31H,10-21H2,1-9H3/t23-,26+,27-,28+,29+,31+,33+,34-/m1/s1. The van der Waals surface area contributed by atoms with E-state index in [4.69, 9.17) is 4.43 Å². The predicted octanol–water partition coefficient (Wildman–Crippen LogP) is 9.61. The molecule has 0 spiro atoms. The van der Waals surface area contributed by atoms with Gasteiger partial charge in [-0.15, -0.1) is 0 Å². The summed E-state index contributed by atoms with van der Waals surface area (Å²) in [6.45, 7) is 20.9. The summed E-state index contributed by atoms with van der Waals surface area (Å²) in [6, 6.07) is 0. The first kappa shape index (κ1) is 31.5. The number of carbonyl (C=O) groups is 2. The van der Waals surface area contributed by atoms with E-state index < -0.39 is 8.32 Å². The van der Waals surface area contributed by atoms with E-state index in [-0.39, 0.29) is 27.6 Å². The molecule has 0 aromatic carbocycles. The van der Waals surface area contributed by atoms with Gasteiger partial charge in [-0.05, 0) is 110 Å². The van der Waals surface area contributed by atoms with E-state index in [0.717, 1.165) is 36.9 Å². The molecule has 4 aliphatic carbocycles. The monoisotopic (exact) mass is 574 g/mol. The molecule has 4 aliphatic rings. The summed E-state index contributed by atoms with van der Waals surface area (Å²) in [5.41, 5.74) is 1.90. The minimum absolute atomic E-state index is 0.175. The Labute approximate surface area is 245 Å². The number of hydrogen-bond acceptors (Lipinski definition) is 4. The highest BCUT2D eigenvalue weighted by Gasteiger charge is 2.61. The average molecular weight is 575 g/mol. The third-order valence-corrected chi connectivity index (χ3v) is 18.0. The van der Waals surface area contributed by atoms with Crippen LogP contribution in [0.25, 0.3) is 0 Å². The molecule has 0 unspecified atom stereocenters. The van der Waals surface area contributed by atoms with Gasteiger partial charge in [-0.1, -0.05) is 78.1 Å². The van der Waals surface area contributed by atoms with Crippen molar-refractivity contribution in [2.75, 3.05) is 5.75 Å². The topological polar surface area (TPSA) is 43.4 Å². The minimum atomic E-state index is -1.82. The van der Waals surface area contributed by atoms with Gasteiger partial charge in [-0.25, -0.2) is 0 Å². The van der Waals surface area contributed by atoms with Gasteiger partial charge in [0, 0.05) is 24.7 Å². The zero-order valence-corrected chi connectivity index (χ0v) is 28.5. The summed E-state index contributed by atoms with van der Waals surface area (Å²) in [5.74, 6) is 4.19. The second kappa shape index (κ2) is 11.7. The average Bonchev–Trinajstić information content (AvgIpc) is 3.18. The van der Waals surface area contributed by atoms with E-state index in [0.29, 0.717) is 23.0 Å². The maximum atomic E-state index is 13.9. The van der Waals surface area contributed by atoms with Gasteiger partial charge in [0.2, 0.25) is 0 Å². The van der Waals surface area contributed by atoms with Crippen molar-refractivity contribution in [1.82, 2.24) is 0 Å². The van der Waals surface area contributed by atoms with Gasteiger partial charge < -0.3 is 4.43 Å². The molecule has 0 radical (unpaired) electrons. The first-order valence-electron chi connectivity index (χ1n) is 16.2. The Morgan fingerprint density at radius 3 is 2.46 bits per heavy atom. The summed E-state index contributed by atoms with van der Waals surface area (Å²) in [7, 11) is -1.82. The SMILES string of the molecule is CC(=O)SCCCCC[C@@H](C)[C@H]1CC[C@H]2[C@@H]3C(=O)C=C4C[C@@H](O[Si](C)(C)C(C)(C)C)CC[C@]4(C)[C@H]3CC[C@]12C. The highest BCUT2D eigenvalue weighted by molar-refractivity contribution is 8.13. The molecular formula is C34H58O3SSi. The van der Waals surface area contributed by atoms with Crippen molar-refractivity contribution in [3.05, 3.63) is 11.6 Å². The Balaban J connectivity index is 1.42. The second-order valence-electron chi connectivity index (χ2n) is 15.9. The Kier molecular flexibility index (Phi) is 9.47. The number of thioether (sulfide) groups is 1. The van der Waals surface area contributed by atoms with Gasteiger partial charge in [-0.2, -0.15) is 0 Å². The van der Waals surface area contributed by atoms with Crippen molar-refractivity contribution in [2.24, 2.45) is 40.4 Å². The summed E-state index contributed by atoms with van der Waals surface area (Å²) < 4.78 is 6.87. The Bertz CT molecular complexity index is 951. The zero-order chi connectivity index (χ0) is 28.8. The predicted molar refractivity (Wildman–Crippen MR) is 168 cm³/mol. The first-order chi connectivity index (χ1) is 18.1. The molecule has 4 rings (SSSR count). The normalized spacial score (nSPS) is 37.5. The third kappa shape index (κ3) is 6.21. The number of rotatable bonds is 9. The highest BCUT2D eigenvalue weighted by Crippen LogP contribution is 2.67. The fourth-order valence-corrected chi connectivity index (χ4v) is 11.2. The number of hydrogen-bond donors (Lipinski definition) is 0. The van der Waals surface area contributed by atoms with Crippen LogP contribution >= 0.6 is 11.8 Å². The number of fused-ring (bicyclic) bond motifs is 5. The van der Waals surface area contributed by atoms with Gasteiger partial charge in [-0.3, -0.25) is 9.59 Å². The summed E-state index contributed by atoms with van der Waals surface area (Å²) in [4.78, 5) is 25.1. The lowest BCUT2D eigenvalue weighted by atomic mass is 9.46. The summed E-state index contributed by atoms with van der Waals surface area (Å²) >= 11 is 1.47. The van der Waals surface area contributed by atoms with E-state index in [1.807, 2.05) is 0 Å². The second-order valence-corrected chi connectivity index (χ2v) is 21.9. The molecule has 39 heavy (non-hydrogen) atoms. The molecule has 0 heterocycles. The molecule has 0 N–H and O–H groups in total. The quantitative estimate of drug-likeness (QED) is 0.203. The van der Waals surface area contributed by atoms with Crippen molar-refractivity contribution < 1.29 is 14.0 Å². The molecule has 3 saturated carbocycles. The maximum absolute atomic E-state index is 13.9. The van der Waals surface area contributed by atoms with Gasteiger partial charge in [0.15, 0.2) is 19.2 Å². The lowest BCUT2D eigenvalue weighted by Gasteiger charge is -2.58. The van der Waals surface area contributed by atoms with Crippen LogP contribution in [-0.4, -0.2) is 31.1 Å². The Hall–Kier alpha value is -0.393. The number of ketones is 1. The Morgan fingerprint density at radius 1 is 1.08 bits per heavy atom. The molecule has 0 aliphatic heterocycles. The fourth-order valence-electron chi connectivity index (χ4n) is 9.20. The molecule has 3 fully saturated rings. The van der Waals surface area contributed by atoms with Crippen LogP contribution in [-0.2, 0) is 14.0 Å². The van der Waals surface area contributed by atoms with Gasteiger partial charge in [0.25, 0.3) is 0 Å². The lowest BCUT2D eigenvalue weighted by Crippen LogP contribution is -2.54. The van der Waals surface area contributed by atoms with Crippen LogP contribution < -0.4 is 0 Å². The summed E-state index contributed by atoms with van der Waals surface area (Å²) in [5, 5.41) is 0.457. The van der Waals surface area contributed by atoms with Crippen molar-refractivity contribution in [2.45, 2.75) is 143 Å². The highest BCUT2D eigenvalue weighted by atomic mass is 32.2. The molecule has 3 nitrogen and oxygen atoms in total. The molecule has 0 amide bonds. The minimum Gasteiger partial charge on any atom is -0.414 e. The van der Waals surface area contributed by atoms with E-state index in [2.05, 4.69) is 60.7 Å². The third-order valence-electron chi connectivity index (χ3n) is 12.5. The molecule has 0 saturated heterocycles. The van der Waals surface area contributed by atoms with Crippen molar-refractivity contribution in [3.63, 3.8) is 0 Å². The fraction of sp³-hybridized carbons (Fsp3) is 0.882. The first-order valence-corrected chi connectivity index (χ1v) is 20.1. The van der Waals surface area contributed by atoms with Crippen LogP contribution in [0.15, 0.2) is 11.6 Å². The number of allylic oxidation sites excluding steroid dienone is 1. The summed E-state index contributed by atoms with van der Waals surface area (Å²) in [6.07, 6.45) is 15.7. The van der Waals surface area contributed by atoms with Crippen LogP contribution in [0, 0.1) is 40.4 Å². The molecular weight excluding hydrogens is 517 g/mol. The largest absolute Gasteiger partial charge is 0.414 e. The van der Waals surface area contributed by atoms with Crippen LogP contribution in [0.1, 0.15) is 119 Å². The van der Waals surface area contributed by atoms with Gasteiger partial charge in [0.1, 0.15) is 0 Å². The molecule has 0 aromatic rings. The Morgan fingerprint density at radius 2 is 1.79 bits per heavy atom. The van der Waals surface area contributed by atoms with E-state index in [9.17, 15) is 9.59 Å². The van der Waals surface area contributed by atoms with E-state index in [1.165, 1.54) is 68.7 Å². The number of unbranched alkanes of at least 4 members (excludes halogenated alkanes) is 2. The maximum Gasteiger partial charge on any atom is 0.192 e. The number of carbonyl (C=O) groups excluding carboxylic acids is 2. The molecule has 0 aromatic heterocycles. The van der Waals surface area contributed by atoms with Gasteiger partial charge >= 0.3 is 0 Å². The molecule has 8 atom stereocenters. The van der Waals surface area contributed by atoms with Crippen molar-refractivity contribution in [1.29, 1.82) is 0 Å². The lowest BCUT2D eigenvalue weighted by molar-refractivity contribution is -0.135. The zero-order valence-electron chi connectivity index (χ0n) is 26.7. The molecule has 222 valence electrons. The molecule has 0 bridgehead atoms. The van der Waals surface area contributed by atoms with E-state index in [1.54, 1.807) is 6.92 Å². The van der Waals surface area contributed by atoms with Crippen LogP contribution in [0.2, 0.25) is 18.1 Å². The van der Waals surface area contributed by atoms with Crippen LogP contribution in [0.5, 0.6) is 0 Å². The smallest absolute Gasteiger partial charge is 0.192 e. The van der Waals surface area contributed by atoms with E-state index >= 15 is 0 Å². The van der Waals surface area contributed by atoms with Crippen molar-refractivity contribution >= 4 is 31.0 Å². The molecule has 5 heteroatoms. The van der Waals surface area contributed by atoms with Crippen molar-refractivity contribution in [3.8, 4) is 0 Å². The van der Waals surface area contributed by atoms with Crippen LogP contribution in [0.3, 0.4) is 0 Å². The van der Waals surface area contributed by atoms with Crippen LogP contribution in [0.4, 0.5) is 0 Å².